The Morgan fingerprint density at radius 1 is 0.361 bits per heavy atom. The average molecular weight is 1470 g/mol. The molecule has 2 N–H and O–H groups in total. The van der Waals surface area contributed by atoms with Gasteiger partial charge in [-0.25, -0.2) is 19.3 Å². The van der Waals surface area contributed by atoms with Gasteiger partial charge in [-0.1, -0.05) is 95.4 Å². The Morgan fingerprint density at radius 2 is 0.657 bits per heavy atom. The number of hydrogen-bond donors (Lipinski definition) is 2. The van der Waals surface area contributed by atoms with Crippen molar-refractivity contribution in [2.75, 3.05) is 13.2 Å². The first-order valence-electron chi connectivity index (χ1n) is 34.2. The minimum Gasteiger partial charge on any atom is -0.463 e. The van der Waals surface area contributed by atoms with Crippen molar-refractivity contribution in [1.29, 1.82) is 0 Å². The van der Waals surface area contributed by atoms with E-state index in [2.05, 4.69) is 54.9 Å². The highest BCUT2D eigenvalue weighted by atomic mass is 16.7. The van der Waals surface area contributed by atoms with Gasteiger partial charge >= 0.3 is 47.8 Å². The Hall–Kier alpha value is -12.6. The zero-order valence-electron chi connectivity index (χ0n) is 59.5. The molecule has 4 aromatic carbocycles. The highest BCUT2D eigenvalue weighted by Gasteiger charge is 2.54. The van der Waals surface area contributed by atoms with E-state index in [0.717, 1.165) is 120 Å². The van der Waals surface area contributed by atoms with Gasteiger partial charge in [-0.3, -0.25) is 38.4 Å². The molecule has 2 saturated heterocycles. The van der Waals surface area contributed by atoms with E-state index in [4.69, 9.17) is 66.8 Å². The summed E-state index contributed by atoms with van der Waals surface area (Å²) in [6.07, 6.45) is -2.63. The van der Waals surface area contributed by atoms with E-state index in [1.54, 1.807) is 21.8 Å². The van der Waals surface area contributed by atoms with Crippen molar-refractivity contribution >= 4 is 94.1 Å². The van der Waals surface area contributed by atoms with Crippen molar-refractivity contribution in [1.82, 2.24) is 49.9 Å². The first-order chi connectivity index (χ1) is 52.1. The van der Waals surface area contributed by atoms with Crippen LogP contribution in [0.4, 0.5) is 0 Å². The van der Waals surface area contributed by atoms with Crippen LogP contribution in [0.25, 0.3) is 102 Å². The summed E-state index contributed by atoms with van der Waals surface area (Å²) in [5, 5.41) is 17.5. The van der Waals surface area contributed by atoms with E-state index in [1.807, 2.05) is 133 Å². The fourth-order valence-electron chi connectivity index (χ4n) is 13.2. The minimum atomic E-state index is -1.45. The van der Waals surface area contributed by atoms with Gasteiger partial charge in [0, 0.05) is 99.7 Å². The number of carbonyl (C=O) groups excluding carboxylic acids is 8. The van der Waals surface area contributed by atoms with E-state index < -0.39 is 122 Å². The maximum absolute atomic E-state index is 12.5. The van der Waals surface area contributed by atoms with Gasteiger partial charge in [0.05, 0.1) is 59.8 Å². The van der Waals surface area contributed by atoms with Gasteiger partial charge in [0.15, 0.2) is 49.2 Å². The van der Waals surface area contributed by atoms with Crippen molar-refractivity contribution in [3.05, 3.63) is 180 Å². The second-order valence-corrected chi connectivity index (χ2v) is 25.4. The van der Waals surface area contributed by atoms with Crippen LogP contribution >= 0.6 is 0 Å². The summed E-state index contributed by atoms with van der Waals surface area (Å²) in [5.74, 6) is -6.02. The number of fused-ring (bicyclic) bond motifs is 8. The average Bonchev–Trinajstić information content (AvgIpc) is 1.53. The highest BCUT2D eigenvalue weighted by molar-refractivity contribution is 6.00. The number of esters is 8. The number of nitrogens with one attached hydrogen (secondary N) is 2. The lowest BCUT2D eigenvalue weighted by Gasteiger charge is -2.43. The summed E-state index contributed by atoms with van der Waals surface area (Å²) in [6.45, 7) is 7.73. The van der Waals surface area contributed by atoms with E-state index in [1.165, 1.54) is 13.8 Å². The van der Waals surface area contributed by atoms with Crippen LogP contribution in [0.3, 0.4) is 0 Å². The molecule has 554 valence electrons. The van der Waals surface area contributed by atoms with Crippen molar-refractivity contribution in [3.8, 4) is 55.9 Å². The Morgan fingerprint density at radius 3 is 0.963 bits per heavy atom. The van der Waals surface area contributed by atoms with E-state index >= 15 is 0 Å². The Labute approximate surface area is 615 Å². The minimum absolute atomic E-state index is 0.276. The van der Waals surface area contributed by atoms with Crippen LogP contribution in [0.1, 0.15) is 89.6 Å². The standard InChI is InChI=1S/C78H72N10O20/c1-41(89)97-39-65-71(101-43(3)91)73(103-45(5)93)75(105-47(7)95)77(107-65)99-37-53-35-87(85-83-53)55-23-19-51(20-24-55)69-61-31-29-59(80-61)67(49-15-11-9-12-16-49)57-27-28-58(79-57)68(50-17-13-10-14-18-50)60-30-32-62(81-60)70(64-34-33-63(69)82-64)52-21-25-56(26-22-52)88-36-54(84-86-88)38-100-78-76(106-48(8)96)74(104-46(6)94)72(102-44(4)92)66(108-78)40-98-42(2)90/h9-36,65-66,71-78,80-81H,37-40H2,1-8H3/t65-,66-,71-,72-,73+,74+,75-,76+,77-,78+/m1/s1. The van der Waals surface area contributed by atoms with Gasteiger partial charge in [-0.05, 0) is 95.1 Å². The van der Waals surface area contributed by atoms with Crippen LogP contribution in [0.2, 0.25) is 0 Å². The predicted octanol–water partition coefficient (Wildman–Crippen LogP) is 9.68. The first kappa shape index (κ1) is 73.7. The number of aromatic amines is 2. The van der Waals surface area contributed by atoms with Gasteiger partial charge < -0.3 is 66.8 Å². The molecular weight excluding hydrogens is 1400 g/mol. The van der Waals surface area contributed by atoms with Crippen LogP contribution < -0.4 is 0 Å². The molecule has 9 aromatic rings. The quantitative estimate of drug-likeness (QED) is 0.0470. The molecule has 4 aliphatic heterocycles. The molecule has 0 unspecified atom stereocenters. The topological polar surface area (TPSA) is 366 Å². The zero-order valence-corrected chi connectivity index (χ0v) is 59.5. The second kappa shape index (κ2) is 32.4. The van der Waals surface area contributed by atoms with Crippen molar-refractivity contribution in [3.63, 3.8) is 0 Å². The van der Waals surface area contributed by atoms with Crippen LogP contribution in [0.15, 0.2) is 146 Å². The molecule has 4 aliphatic rings. The number of hydrogen-bond acceptors (Lipinski definition) is 26. The van der Waals surface area contributed by atoms with Crippen molar-refractivity contribution < 1.29 is 95.2 Å². The maximum atomic E-state index is 12.5. The summed E-state index contributed by atoms with van der Waals surface area (Å²) in [7, 11) is 0. The van der Waals surface area contributed by atoms with Gasteiger partial charge in [0.25, 0.3) is 0 Å². The lowest BCUT2D eigenvalue weighted by molar-refractivity contribution is -0.310. The molecule has 108 heavy (non-hydrogen) atoms. The molecule has 5 aromatic heterocycles. The molecular formula is C78H72N10O20. The number of aromatic nitrogens is 10. The van der Waals surface area contributed by atoms with Crippen LogP contribution in [-0.2, 0) is 108 Å². The summed E-state index contributed by atoms with van der Waals surface area (Å²) in [4.78, 5) is 117. The molecule has 10 atom stereocenters. The molecule has 0 radical (unpaired) electrons. The number of carbonyl (C=O) groups is 8. The van der Waals surface area contributed by atoms with Gasteiger partial charge in [-0.2, -0.15) is 0 Å². The monoisotopic (exact) mass is 1470 g/mol. The van der Waals surface area contributed by atoms with E-state index in [0.29, 0.717) is 34.2 Å². The van der Waals surface area contributed by atoms with Crippen LogP contribution in [0, 0.1) is 0 Å². The SMILES string of the molecule is CC(=O)OC[C@H]1O[C@H](OCc2cn(-c3ccc(-c4c5nc(c(-c6ccc(-n7cc(CO[C@@H]8O[C@H](COC(C)=O)[C@@H](OC(C)=O)[C@H](OC(C)=O)[C@H]8OC(C)=O)nn7)cc6)c6ccc([nH]6)c(-c6ccccc6)c6nc(c(-c7ccccc7)c7ccc4[nH]7)C=C6)C=C5)cc3)nn2)[C@@H](OC(C)=O)[C@@H](OC(C)=O)[C@@H]1OC(C)=O. The number of rotatable bonds is 22. The number of benzene rings is 4. The normalized spacial score (nSPS) is 20.0. The third-order valence-corrected chi connectivity index (χ3v) is 17.5. The number of ether oxygens (including phenoxy) is 12. The lowest BCUT2D eigenvalue weighted by atomic mass is 9.98. The lowest BCUT2D eigenvalue weighted by Crippen LogP contribution is -2.62. The Balaban J connectivity index is 0.860. The van der Waals surface area contributed by atoms with E-state index in [9.17, 15) is 38.4 Å². The largest absolute Gasteiger partial charge is 0.463 e. The fourth-order valence-corrected chi connectivity index (χ4v) is 13.2. The second-order valence-electron chi connectivity index (χ2n) is 25.4. The molecule has 0 saturated carbocycles. The van der Waals surface area contributed by atoms with Crippen molar-refractivity contribution in [2.24, 2.45) is 0 Å². The van der Waals surface area contributed by atoms with Crippen molar-refractivity contribution in [2.45, 2.75) is 130 Å². The molecule has 0 spiro atoms. The first-order valence-corrected chi connectivity index (χ1v) is 34.2. The molecule has 0 aliphatic carbocycles. The fraction of sp³-hybridized carbons (Fsp3) is 0.282. The van der Waals surface area contributed by atoms with Gasteiger partial charge in [0.2, 0.25) is 0 Å². The third-order valence-electron chi connectivity index (χ3n) is 17.5. The van der Waals surface area contributed by atoms with Gasteiger partial charge in [0.1, 0.15) is 36.8 Å². The highest BCUT2D eigenvalue weighted by Crippen LogP contribution is 2.40. The summed E-state index contributed by atoms with van der Waals surface area (Å²) in [5.41, 5.74) is 14.2. The van der Waals surface area contributed by atoms with E-state index in [-0.39, 0.29) is 13.2 Å². The molecule has 0 amide bonds. The number of nitrogens with zero attached hydrogens (tertiary/aromatic N) is 8. The van der Waals surface area contributed by atoms with Crippen LogP contribution in [0.5, 0.6) is 0 Å². The number of H-pyrrole nitrogens is 2. The molecule has 30 nitrogen and oxygen atoms in total. The van der Waals surface area contributed by atoms with Gasteiger partial charge in [-0.15, -0.1) is 10.2 Å². The predicted molar refractivity (Wildman–Crippen MR) is 384 cm³/mol. The molecule has 30 heteroatoms. The maximum Gasteiger partial charge on any atom is 0.303 e. The zero-order chi connectivity index (χ0) is 75.9. The molecule has 2 fully saturated rings. The Bertz CT molecular complexity index is 4840. The Kier molecular flexibility index (Phi) is 22.1. The third kappa shape index (κ3) is 16.9. The smallest absolute Gasteiger partial charge is 0.303 e. The summed E-state index contributed by atoms with van der Waals surface area (Å²) >= 11 is 0. The summed E-state index contributed by atoms with van der Waals surface area (Å²) < 4.78 is 71.6. The molecule has 9 heterocycles. The van der Waals surface area contributed by atoms with Crippen LogP contribution in [-0.4, -0.2) is 172 Å². The summed E-state index contributed by atoms with van der Waals surface area (Å²) in [6, 6.07) is 43.5. The molecule has 13 rings (SSSR count). The molecule has 8 bridgehead atoms.